The van der Waals surface area contributed by atoms with Crippen molar-refractivity contribution in [1.29, 1.82) is 0 Å². The van der Waals surface area contributed by atoms with E-state index in [0.29, 0.717) is 0 Å². The highest BCUT2D eigenvalue weighted by Crippen LogP contribution is 1.96. The number of nitrogens with one attached hydrogen (secondary N) is 2. The molecule has 0 saturated carbocycles. The minimum absolute atomic E-state index is 0.836. The van der Waals surface area contributed by atoms with Crippen LogP contribution in [-0.4, -0.2) is 19.6 Å². The van der Waals surface area contributed by atoms with Gasteiger partial charge in [0.1, 0.15) is 0 Å². The van der Waals surface area contributed by atoms with E-state index < -0.39 is 0 Å². The first-order valence-corrected chi connectivity index (χ1v) is 6.26. The summed E-state index contributed by atoms with van der Waals surface area (Å²) in [6.07, 6.45) is 5.61. The van der Waals surface area contributed by atoms with E-state index in [1.54, 1.807) is 6.08 Å². The first-order valence-electron chi connectivity index (χ1n) is 6.26. The first kappa shape index (κ1) is 14.4. The van der Waals surface area contributed by atoms with Crippen molar-refractivity contribution in [1.82, 2.24) is 10.6 Å². The highest BCUT2D eigenvalue weighted by molar-refractivity contribution is 5.22. The fourth-order valence-electron chi connectivity index (χ4n) is 1.59. The SMILES string of the molecule is C=C/C=C(\C=C)CNCCNCc1ccccc1. The van der Waals surface area contributed by atoms with Gasteiger partial charge in [0, 0.05) is 26.2 Å². The average molecular weight is 242 g/mol. The summed E-state index contributed by atoms with van der Waals surface area (Å²) in [6, 6.07) is 10.4. The van der Waals surface area contributed by atoms with Gasteiger partial charge in [0.15, 0.2) is 0 Å². The van der Waals surface area contributed by atoms with Gasteiger partial charge in [-0.3, -0.25) is 0 Å². The second kappa shape index (κ2) is 9.40. The standard InChI is InChI=1S/C16H22N2/c1-3-8-15(4-2)13-17-11-12-18-14-16-9-6-5-7-10-16/h3-10,17-18H,1-2,11-14H2/b15-8+. The molecule has 0 amide bonds. The third kappa shape index (κ3) is 6.18. The molecule has 2 N–H and O–H groups in total. The number of hydrogen-bond acceptors (Lipinski definition) is 2. The first-order chi connectivity index (χ1) is 8.86. The van der Waals surface area contributed by atoms with Crippen LogP contribution in [0.25, 0.3) is 0 Å². The van der Waals surface area contributed by atoms with Crippen molar-refractivity contribution in [2.45, 2.75) is 6.54 Å². The molecule has 2 nitrogen and oxygen atoms in total. The van der Waals surface area contributed by atoms with E-state index in [0.717, 1.165) is 31.8 Å². The number of hydrogen-bond donors (Lipinski definition) is 2. The molecule has 0 spiro atoms. The van der Waals surface area contributed by atoms with Crippen LogP contribution in [0.2, 0.25) is 0 Å². The quantitative estimate of drug-likeness (QED) is 0.514. The van der Waals surface area contributed by atoms with E-state index in [4.69, 9.17) is 0 Å². The van der Waals surface area contributed by atoms with E-state index >= 15 is 0 Å². The molecule has 18 heavy (non-hydrogen) atoms. The molecule has 0 aliphatic carbocycles. The summed E-state index contributed by atoms with van der Waals surface area (Å²) in [5.41, 5.74) is 2.48. The second-order valence-corrected chi connectivity index (χ2v) is 4.02. The van der Waals surface area contributed by atoms with Crippen LogP contribution in [0, 0.1) is 0 Å². The van der Waals surface area contributed by atoms with Gasteiger partial charge in [-0.05, 0) is 11.1 Å². The summed E-state index contributed by atoms with van der Waals surface area (Å²) < 4.78 is 0. The van der Waals surface area contributed by atoms with Gasteiger partial charge in [0.2, 0.25) is 0 Å². The highest BCUT2D eigenvalue weighted by Gasteiger charge is 1.92. The Kier molecular flexibility index (Phi) is 7.53. The van der Waals surface area contributed by atoms with Crippen molar-refractivity contribution < 1.29 is 0 Å². The van der Waals surface area contributed by atoms with Gasteiger partial charge >= 0.3 is 0 Å². The molecule has 0 radical (unpaired) electrons. The van der Waals surface area contributed by atoms with E-state index in [-0.39, 0.29) is 0 Å². The van der Waals surface area contributed by atoms with Gasteiger partial charge in [-0.1, -0.05) is 61.7 Å². The molecule has 0 fully saturated rings. The van der Waals surface area contributed by atoms with Gasteiger partial charge in [-0.2, -0.15) is 0 Å². The molecule has 0 saturated heterocycles. The normalized spacial score (nSPS) is 11.2. The molecule has 0 atom stereocenters. The lowest BCUT2D eigenvalue weighted by Gasteiger charge is -2.07. The zero-order chi connectivity index (χ0) is 13.1. The summed E-state index contributed by atoms with van der Waals surface area (Å²) in [5.74, 6) is 0. The Morgan fingerprint density at radius 1 is 1.06 bits per heavy atom. The third-order valence-corrected chi connectivity index (χ3v) is 2.57. The maximum Gasteiger partial charge on any atom is 0.0206 e. The van der Waals surface area contributed by atoms with Crippen LogP contribution in [0.5, 0.6) is 0 Å². The van der Waals surface area contributed by atoms with Gasteiger partial charge < -0.3 is 10.6 Å². The Morgan fingerprint density at radius 3 is 2.44 bits per heavy atom. The fourth-order valence-corrected chi connectivity index (χ4v) is 1.59. The fraction of sp³-hybridized carbons (Fsp3) is 0.250. The molecule has 1 aromatic rings. The summed E-state index contributed by atoms with van der Waals surface area (Å²) in [7, 11) is 0. The van der Waals surface area contributed by atoms with Crippen LogP contribution in [-0.2, 0) is 6.54 Å². The lowest BCUT2D eigenvalue weighted by Crippen LogP contribution is -2.28. The van der Waals surface area contributed by atoms with Gasteiger partial charge in [0.25, 0.3) is 0 Å². The average Bonchev–Trinajstić information content (AvgIpc) is 2.42. The molecule has 1 aromatic carbocycles. The molecule has 0 aliphatic rings. The zero-order valence-corrected chi connectivity index (χ0v) is 10.9. The highest BCUT2D eigenvalue weighted by atomic mass is 14.9. The predicted molar refractivity (Wildman–Crippen MR) is 79.5 cm³/mol. The van der Waals surface area contributed by atoms with Gasteiger partial charge in [-0.25, -0.2) is 0 Å². The number of rotatable bonds is 9. The lowest BCUT2D eigenvalue weighted by atomic mass is 10.2. The maximum absolute atomic E-state index is 3.76. The van der Waals surface area contributed by atoms with Crippen LogP contribution >= 0.6 is 0 Å². The molecular formula is C16H22N2. The summed E-state index contributed by atoms with van der Waals surface area (Å²) in [5, 5.41) is 6.76. The Hall–Kier alpha value is -1.64. The Bertz CT molecular complexity index is 379. The molecule has 0 aliphatic heterocycles. The van der Waals surface area contributed by atoms with Crippen molar-refractivity contribution in [3.63, 3.8) is 0 Å². The largest absolute Gasteiger partial charge is 0.311 e. The number of benzene rings is 1. The molecule has 0 heterocycles. The van der Waals surface area contributed by atoms with Crippen LogP contribution in [0.4, 0.5) is 0 Å². The summed E-state index contributed by atoms with van der Waals surface area (Å²) in [6.45, 7) is 11.1. The molecular weight excluding hydrogens is 220 g/mol. The van der Waals surface area contributed by atoms with Crippen molar-refractivity contribution in [3.05, 3.63) is 72.9 Å². The Labute approximate surface area is 110 Å². The van der Waals surface area contributed by atoms with Crippen molar-refractivity contribution in [2.75, 3.05) is 19.6 Å². The van der Waals surface area contributed by atoms with Crippen LogP contribution in [0.1, 0.15) is 5.56 Å². The number of allylic oxidation sites excluding steroid dienone is 2. The third-order valence-electron chi connectivity index (χ3n) is 2.57. The van der Waals surface area contributed by atoms with Gasteiger partial charge in [-0.15, -0.1) is 0 Å². The predicted octanol–water partition coefficient (Wildman–Crippen LogP) is 2.66. The summed E-state index contributed by atoms with van der Waals surface area (Å²) in [4.78, 5) is 0. The van der Waals surface area contributed by atoms with Crippen molar-refractivity contribution in [2.24, 2.45) is 0 Å². The van der Waals surface area contributed by atoms with Crippen molar-refractivity contribution >= 4 is 0 Å². The lowest BCUT2D eigenvalue weighted by molar-refractivity contribution is 0.632. The maximum atomic E-state index is 3.76. The topological polar surface area (TPSA) is 24.1 Å². The zero-order valence-electron chi connectivity index (χ0n) is 10.9. The molecule has 0 bridgehead atoms. The van der Waals surface area contributed by atoms with E-state index in [1.165, 1.54) is 5.56 Å². The molecule has 0 unspecified atom stereocenters. The van der Waals surface area contributed by atoms with Crippen LogP contribution in [0.3, 0.4) is 0 Å². The Balaban J connectivity index is 2.07. The van der Waals surface area contributed by atoms with Crippen molar-refractivity contribution in [3.8, 4) is 0 Å². The second-order valence-electron chi connectivity index (χ2n) is 4.02. The smallest absolute Gasteiger partial charge is 0.0206 e. The minimum atomic E-state index is 0.836. The minimum Gasteiger partial charge on any atom is -0.311 e. The molecule has 2 heteroatoms. The molecule has 0 aromatic heterocycles. The van der Waals surface area contributed by atoms with Crippen LogP contribution < -0.4 is 10.6 Å². The molecule has 1 rings (SSSR count). The van der Waals surface area contributed by atoms with E-state index in [1.807, 2.05) is 18.2 Å². The Morgan fingerprint density at radius 2 is 1.78 bits per heavy atom. The monoisotopic (exact) mass is 242 g/mol. The summed E-state index contributed by atoms with van der Waals surface area (Å²) >= 11 is 0. The van der Waals surface area contributed by atoms with Crippen LogP contribution in [0.15, 0.2) is 67.3 Å². The van der Waals surface area contributed by atoms with E-state index in [2.05, 4.69) is 48.1 Å². The van der Waals surface area contributed by atoms with Gasteiger partial charge in [0.05, 0.1) is 0 Å². The van der Waals surface area contributed by atoms with E-state index in [9.17, 15) is 0 Å². The molecule has 96 valence electrons.